The highest BCUT2D eigenvalue weighted by Crippen LogP contribution is 2.36. The van der Waals surface area contributed by atoms with Gasteiger partial charge in [-0.25, -0.2) is 4.79 Å². The van der Waals surface area contributed by atoms with Gasteiger partial charge in [0.05, 0.1) is 31.4 Å². The largest absolute Gasteiger partial charge is 0.491 e. The molecular weight excluding hydrogens is 492 g/mol. The van der Waals surface area contributed by atoms with Gasteiger partial charge in [-0.1, -0.05) is 63.2 Å². The zero-order valence-corrected chi connectivity index (χ0v) is 23.2. The number of hydrogen-bond acceptors (Lipinski definition) is 5. The summed E-state index contributed by atoms with van der Waals surface area (Å²) in [7, 11) is 0. The second-order valence-electron chi connectivity index (χ2n) is 11.2. The summed E-state index contributed by atoms with van der Waals surface area (Å²) in [5.41, 5.74) is 5.32. The first-order chi connectivity index (χ1) is 18.5. The average molecular weight is 531 g/mol. The van der Waals surface area contributed by atoms with E-state index >= 15 is 0 Å². The number of fused-ring (bicyclic) bond motifs is 1. The summed E-state index contributed by atoms with van der Waals surface area (Å²) in [4.78, 5) is 15.5. The Kier molecular flexibility index (Phi) is 8.45. The molecule has 7 heteroatoms. The van der Waals surface area contributed by atoms with Crippen LogP contribution in [0.15, 0.2) is 66.7 Å². The van der Waals surface area contributed by atoms with Crippen molar-refractivity contribution in [2.75, 3.05) is 13.2 Å². The number of hydrogen-bond donors (Lipinski definition) is 5. The first kappa shape index (κ1) is 28.4. The van der Waals surface area contributed by atoms with E-state index in [4.69, 9.17) is 4.74 Å². The Hall–Kier alpha value is -3.65. The number of rotatable bonds is 10. The Morgan fingerprint density at radius 3 is 2.08 bits per heavy atom. The van der Waals surface area contributed by atoms with Crippen LogP contribution in [0.2, 0.25) is 0 Å². The van der Waals surface area contributed by atoms with Gasteiger partial charge in [-0.15, -0.1) is 0 Å². The van der Waals surface area contributed by atoms with Crippen LogP contribution in [0.1, 0.15) is 67.8 Å². The van der Waals surface area contributed by atoms with Gasteiger partial charge in [0.25, 0.3) is 0 Å². The fourth-order valence-corrected chi connectivity index (χ4v) is 4.78. The van der Waals surface area contributed by atoms with Crippen LogP contribution in [-0.2, 0) is 5.41 Å². The third-order valence-corrected chi connectivity index (χ3v) is 6.85. The Balaban J connectivity index is 1.87. The van der Waals surface area contributed by atoms with Crippen molar-refractivity contribution in [2.24, 2.45) is 0 Å². The minimum Gasteiger partial charge on any atom is -0.491 e. The molecule has 4 rings (SSSR count). The number of H-pyrrole nitrogens is 1. The molecule has 0 saturated carbocycles. The van der Waals surface area contributed by atoms with Gasteiger partial charge in [-0.2, -0.15) is 0 Å². The van der Waals surface area contributed by atoms with E-state index in [1.165, 1.54) is 5.56 Å². The van der Waals surface area contributed by atoms with Crippen molar-refractivity contribution in [1.29, 1.82) is 0 Å². The molecule has 0 bridgehead atoms. The summed E-state index contributed by atoms with van der Waals surface area (Å²) in [5.74, 6) is -0.389. The number of carboxylic acids is 1. The summed E-state index contributed by atoms with van der Waals surface area (Å²) in [6.07, 6.45) is 0.0149. The summed E-state index contributed by atoms with van der Waals surface area (Å²) in [5, 5.41) is 33.9. The summed E-state index contributed by atoms with van der Waals surface area (Å²) >= 11 is 0. The minimum atomic E-state index is -1.09. The van der Waals surface area contributed by atoms with Gasteiger partial charge in [0, 0.05) is 16.5 Å². The Morgan fingerprint density at radius 2 is 1.54 bits per heavy atom. The molecule has 5 N–H and O–H groups in total. The molecule has 7 nitrogen and oxygen atoms in total. The van der Waals surface area contributed by atoms with Crippen LogP contribution in [-0.4, -0.2) is 51.6 Å². The first-order valence-corrected chi connectivity index (χ1v) is 13.3. The van der Waals surface area contributed by atoms with Crippen LogP contribution >= 0.6 is 0 Å². The molecule has 0 radical (unpaired) electrons. The lowest BCUT2D eigenvalue weighted by Crippen LogP contribution is -2.39. The van der Waals surface area contributed by atoms with E-state index in [0.717, 1.165) is 22.1 Å². The van der Waals surface area contributed by atoms with Crippen LogP contribution in [0, 0.1) is 0 Å². The Morgan fingerprint density at radius 1 is 0.923 bits per heavy atom. The molecule has 206 valence electrons. The molecule has 3 aromatic carbocycles. The third-order valence-electron chi connectivity index (χ3n) is 6.85. The van der Waals surface area contributed by atoms with E-state index < -0.39 is 18.1 Å². The quantitative estimate of drug-likeness (QED) is 0.181. The van der Waals surface area contributed by atoms with Crippen molar-refractivity contribution < 1.29 is 24.9 Å². The van der Waals surface area contributed by atoms with Gasteiger partial charge in [0.15, 0.2) is 0 Å². The highest BCUT2D eigenvalue weighted by molar-refractivity contribution is 5.99. The number of nitrogens with one attached hydrogen (secondary N) is 2. The topological polar surface area (TPSA) is 115 Å². The summed E-state index contributed by atoms with van der Waals surface area (Å²) in [6, 6.07) is 20.4. The number of ether oxygens (including phenoxy) is 1. The zero-order valence-electron chi connectivity index (χ0n) is 23.2. The maximum Gasteiger partial charge on any atom is 0.352 e. The number of aromatic carboxylic acids is 1. The molecule has 1 heterocycles. The molecule has 0 fully saturated rings. The van der Waals surface area contributed by atoms with E-state index in [1.807, 2.05) is 56.3 Å². The monoisotopic (exact) mass is 530 g/mol. The van der Waals surface area contributed by atoms with Gasteiger partial charge in [-0.3, -0.25) is 5.32 Å². The van der Waals surface area contributed by atoms with Gasteiger partial charge in [-0.05, 0) is 65.8 Å². The number of carbonyl (C=O) groups is 1. The minimum absolute atomic E-state index is 0.0149. The predicted octanol–water partition coefficient (Wildman–Crippen LogP) is 5.65. The molecule has 1 atom stereocenters. The normalized spacial score (nSPS) is 12.8. The maximum absolute atomic E-state index is 12.4. The van der Waals surface area contributed by atoms with Crippen LogP contribution in [0.25, 0.3) is 22.0 Å². The van der Waals surface area contributed by atoms with Crippen LogP contribution in [0.4, 0.5) is 0 Å². The first-order valence-electron chi connectivity index (χ1n) is 13.3. The SMILES string of the molecule is CC(C)Oc1ccc(C(NC(CO)CO)c2c(C(=O)O)[nH]c3ccc(-c4ccc(C(C)(C)C)cc4)cc23)cc1. The van der Waals surface area contributed by atoms with Gasteiger partial charge in [0.2, 0.25) is 0 Å². The van der Waals surface area contributed by atoms with Gasteiger partial charge >= 0.3 is 5.97 Å². The highest BCUT2D eigenvalue weighted by Gasteiger charge is 2.28. The van der Waals surface area contributed by atoms with Gasteiger partial charge in [0.1, 0.15) is 11.4 Å². The second kappa shape index (κ2) is 11.6. The molecule has 0 aliphatic heterocycles. The van der Waals surface area contributed by atoms with Crippen molar-refractivity contribution in [1.82, 2.24) is 10.3 Å². The molecular formula is C32H38N2O5. The van der Waals surface area contributed by atoms with E-state index in [2.05, 4.69) is 55.3 Å². The molecule has 0 aliphatic carbocycles. The number of aromatic amines is 1. The molecule has 0 aliphatic rings. The lowest BCUT2D eigenvalue weighted by Gasteiger charge is -2.25. The molecule has 39 heavy (non-hydrogen) atoms. The fourth-order valence-electron chi connectivity index (χ4n) is 4.78. The molecule has 0 amide bonds. The Labute approximate surface area is 229 Å². The molecule has 1 unspecified atom stereocenters. The Bertz CT molecular complexity index is 1410. The molecule has 0 saturated heterocycles. The summed E-state index contributed by atoms with van der Waals surface area (Å²) in [6.45, 7) is 9.81. The van der Waals surface area contributed by atoms with E-state index in [0.29, 0.717) is 16.8 Å². The van der Waals surface area contributed by atoms with Crippen molar-refractivity contribution in [3.05, 3.63) is 89.1 Å². The lowest BCUT2D eigenvalue weighted by atomic mass is 9.86. The van der Waals surface area contributed by atoms with Crippen molar-refractivity contribution in [3.8, 4) is 16.9 Å². The van der Waals surface area contributed by atoms with Crippen LogP contribution < -0.4 is 10.1 Å². The van der Waals surface area contributed by atoms with E-state index in [9.17, 15) is 20.1 Å². The van der Waals surface area contributed by atoms with Crippen LogP contribution in [0.5, 0.6) is 5.75 Å². The smallest absolute Gasteiger partial charge is 0.352 e. The number of aromatic nitrogens is 1. The second-order valence-corrected chi connectivity index (χ2v) is 11.2. The van der Waals surface area contributed by atoms with Crippen molar-refractivity contribution in [3.63, 3.8) is 0 Å². The number of carboxylic acid groups (broad SMARTS) is 1. The highest BCUT2D eigenvalue weighted by atomic mass is 16.5. The lowest BCUT2D eigenvalue weighted by molar-refractivity contribution is 0.0689. The predicted molar refractivity (Wildman–Crippen MR) is 155 cm³/mol. The number of aliphatic hydroxyl groups excluding tert-OH is 2. The fraction of sp³-hybridized carbons (Fsp3) is 0.344. The maximum atomic E-state index is 12.4. The molecule has 0 spiro atoms. The van der Waals surface area contributed by atoms with E-state index in [-0.39, 0.29) is 30.4 Å². The zero-order chi connectivity index (χ0) is 28.3. The van der Waals surface area contributed by atoms with Gasteiger partial charge < -0.3 is 25.0 Å². The van der Waals surface area contributed by atoms with E-state index in [1.54, 1.807) is 0 Å². The average Bonchev–Trinajstić information content (AvgIpc) is 3.28. The molecule has 1 aromatic heterocycles. The van der Waals surface area contributed by atoms with Crippen molar-refractivity contribution >= 4 is 16.9 Å². The van der Waals surface area contributed by atoms with Crippen LogP contribution in [0.3, 0.4) is 0 Å². The molecule has 4 aromatic rings. The standard InChI is InChI=1S/C32H38N2O5/c1-19(2)39-25-13-8-21(9-14-25)29(33-24(17-35)18-36)28-26-16-22(10-15-27(26)34-30(28)31(37)38)20-6-11-23(12-7-20)32(3,4)5/h6-16,19,24,29,33-36H,17-18H2,1-5H3,(H,37,38). The summed E-state index contributed by atoms with van der Waals surface area (Å²) < 4.78 is 5.79. The number of benzene rings is 3. The van der Waals surface area contributed by atoms with Crippen molar-refractivity contribution in [2.45, 2.75) is 58.2 Å². The number of aliphatic hydroxyl groups is 2. The third kappa shape index (κ3) is 6.33.